The van der Waals surface area contributed by atoms with Crippen LogP contribution < -0.4 is 15.6 Å². The molecule has 1 spiro atoms. The van der Waals surface area contributed by atoms with E-state index in [1.54, 1.807) is 11.7 Å². The molecule has 6 rings (SSSR count). The summed E-state index contributed by atoms with van der Waals surface area (Å²) in [6, 6.07) is 21.8. The highest BCUT2D eigenvalue weighted by atomic mass is 32.2. The van der Waals surface area contributed by atoms with Crippen LogP contribution in [0.2, 0.25) is 0 Å². The number of nitrogens with zero attached hydrogens (tertiary/aromatic N) is 2. The Balaban J connectivity index is 1.47. The summed E-state index contributed by atoms with van der Waals surface area (Å²) in [6.45, 7) is 4.02. The normalized spacial score (nSPS) is 15.2. The van der Waals surface area contributed by atoms with Crippen LogP contribution >= 0.6 is 11.8 Å². The van der Waals surface area contributed by atoms with E-state index in [0.717, 1.165) is 65.7 Å². The molecule has 210 valence electrons. The lowest BCUT2D eigenvalue weighted by Crippen LogP contribution is -2.43. The summed E-state index contributed by atoms with van der Waals surface area (Å²) in [4.78, 5) is 33.0. The summed E-state index contributed by atoms with van der Waals surface area (Å²) in [7, 11) is 1.62. The predicted octanol–water partition coefficient (Wildman–Crippen LogP) is 7.01. The summed E-state index contributed by atoms with van der Waals surface area (Å²) in [5.74, 6) is 0.638. The average Bonchev–Trinajstić information content (AvgIpc) is 2.98. The van der Waals surface area contributed by atoms with Gasteiger partial charge in [0.15, 0.2) is 5.16 Å². The largest absolute Gasteiger partial charge is 0.497 e. The second-order valence-electron chi connectivity index (χ2n) is 11.3. The summed E-state index contributed by atoms with van der Waals surface area (Å²) in [6.07, 6.45) is 6.22. The van der Waals surface area contributed by atoms with Crippen molar-refractivity contribution < 1.29 is 9.53 Å². The predicted molar refractivity (Wildman–Crippen MR) is 166 cm³/mol. The van der Waals surface area contributed by atoms with Crippen LogP contribution in [0, 0.1) is 13.8 Å². The van der Waals surface area contributed by atoms with Gasteiger partial charge in [-0.3, -0.25) is 14.2 Å². The van der Waals surface area contributed by atoms with Crippen molar-refractivity contribution in [2.75, 3.05) is 18.2 Å². The highest BCUT2D eigenvalue weighted by Gasteiger charge is 2.43. The zero-order chi connectivity index (χ0) is 28.6. The van der Waals surface area contributed by atoms with Crippen LogP contribution in [0.1, 0.15) is 54.4 Å². The van der Waals surface area contributed by atoms with Crippen LogP contribution in [0.15, 0.2) is 76.7 Å². The van der Waals surface area contributed by atoms with Crippen molar-refractivity contribution in [3.8, 4) is 22.7 Å². The maximum Gasteiger partial charge on any atom is 0.263 e. The molecule has 1 heterocycles. The van der Waals surface area contributed by atoms with E-state index in [-0.39, 0.29) is 22.6 Å². The number of fused-ring (bicyclic) bond motifs is 4. The van der Waals surface area contributed by atoms with Gasteiger partial charge in [0.05, 0.1) is 29.8 Å². The molecule has 1 amide bonds. The fourth-order valence-electron chi connectivity index (χ4n) is 6.53. The molecule has 0 atom stereocenters. The molecule has 1 saturated carbocycles. The first-order valence-corrected chi connectivity index (χ1v) is 15.3. The van der Waals surface area contributed by atoms with Gasteiger partial charge in [0.25, 0.3) is 5.56 Å². The van der Waals surface area contributed by atoms with Crippen molar-refractivity contribution >= 4 is 23.4 Å². The molecule has 0 bridgehead atoms. The number of methoxy groups -OCH3 is 1. The van der Waals surface area contributed by atoms with Crippen LogP contribution in [-0.4, -0.2) is 28.3 Å². The highest BCUT2D eigenvalue weighted by molar-refractivity contribution is 7.99. The fraction of sp³-hybridized carbons (Fsp3) is 0.324. The van der Waals surface area contributed by atoms with Crippen LogP contribution in [0.5, 0.6) is 5.75 Å². The molecule has 41 heavy (non-hydrogen) atoms. The number of hydrogen-bond acceptors (Lipinski definition) is 5. The SMILES string of the molecule is COc1cccc(-n2c(SCC(=O)Nc3ccc(C)cc3C)nc3c(c2=O)C2(CCCCC2)Cc2ccccc2-3)c1. The number of benzene rings is 3. The fourth-order valence-corrected chi connectivity index (χ4v) is 7.34. The number of rotatable bonds is 6. The van der Waals surface area contributed by atoms with Gasteiger partial charge in [-0.25, -0.2) is 4.98 Å². The molecular formula is C34H35N3O3S. The number of ether oxygens (including phenoxy) is 1. The maximum atomic E-state index is 14.7. The van der Waals surface area contributed by atoms with Gasteiger partial charge >= 0.3 is 0 Å². The zero-order valence-corrected chi connectivity index (χ0v) is 24.6. The number of amides is 1. The number of anilines is 1. The van der Waals surface area contributed by atoms with E-state index in [9.17, 15) is 9.59 Å². The second-order valence-corrected chi connectivity index (χ2v) is 12.2. The number of carbonyl (C=O) groups is 1. The first kappa shape index (κ1) is 27.3. The molecule has 2 aliphatic carbocycles. The van der Waals surface area contributed by atoms with Crippen molar-refractivity contribution in [3.05, 3.63) is 99.3 Å². The third-order valence-electron chi connectivity index (χ3n) is 8.49. The summed E-state index contributed by atoms with van der Waals surface area (Å²) >= 11 is 1.29. The van der Waals surface area contributed by atoms with Gasteiger partial charge in [0.2, 0.25) is 5.91 Å². The van der Waals surface area contributed by atoms with Gasteiger partial charge in [-0.2, -0.15) is 0 Å². The Bertz CT molecular complexity index is 1690. The highest BCUT2D eigenvalue weighted by Crippen LogP contribution is 2.49. The van der Waals surface area contributed by atoms with E-state index >= 15 is 0 Å². The molecule has 0 aliphatic heterocycles. The quantitative estimate of drug-likeness (QED) is 0.201. The lowest BCUT2D eigenvalue weighted by atomic mass is 9.62. The van der Waals surface area contributed by atoms with E-state index in [2.05, 4.69) is 23.5 Å². The van der Waals surface area contributed by atoms with Crippen molar-refractivity contribution in [3.63, 3.8) is 0 Å². The van der Waals surface area contributed by atoms with Gasteiger partial charge in [0.1, 0.15) is 5.75 Å². The van der Waals surface area contributed by atoms with Gasteiger partial charge < -0.3 is 10.1 Å². The number of nitrogens with one attached hydrogen (secondary N) is 1. The first-order chi connectivity index (χ1) is 19.9. The number of hydrogen-bond donors (Lipinski definition) is 1. The molecule has 1 fully saturated rings. The van der Waals surface area contributed by atoms with Crippen molar-refractivity contribution in [2.45, 2.75) is 62.9 Å². The van der Waals surface area contributed by atoms with Gasteiger partial charge in [-0.05, 0) is 62.4 Å². The van der Waals surface area contributed by atoms with Crippen LogP contribution in [0.3, 0.4) is 0 Å². The lowest BCUT2D eigenvalue weighted by molar-refractivity contribution is -0.113. The minimum absolute atomic E-state index is 0.0445. The minimum atomic E-state index is -0.226. The van der Waals surface area contributed by atoms with E-state index in [1.165, 1.54) is 23.7 Å². The third-order valence-corrected chi connectivity index (χ3v) is 9.43. The number of aromatic nitrogens is 2. The summed E-state index contributed by atoms with van der Waals surface area (Å²) in [5.41, 5.74) is 7.23. The average molecular weight is 566 g/mol. The molecule has 4 aromatic rings. The van der Waals surface area contributed by atoms with Crippen LogP contribution in [0.4, 0.5) is 5.69 Å². The Labute approximate surface area is 245 Å². The van der Waals surface area contributed by atoms with Gasteiger partial charge in [-0.1, -0.05) is 79.1 Å². The standard InChI is InChI=1S/C34H35N3O3S/c1-22-14-15-28(23(2)18-22)35-29(38)21-41-33-36-31-27-13-6-5-10-24(27)20-34(16-7-4-8-17-34)30(31)32(39)37(33)25-11-9-12-26(19-25)40-3/h5-6,9-15,18-19H,4,7-8,16-17,20-21H2,1-3H3,(H,35,38). The number of aryl methyl sites for hydroxylation is 2. The topological polar surface area (TPSA) is 73.2 Å². The van der Waals surface area contributed by atoms with Gasteiger partial charge in [-0.15, -0.1) is 0 Å². The van der Waals surface area contributed by atoms with E-state index in [1.807, 2.05) is 62.4 Å². The van der Waals surface area contributed by atoms with E-state index < -0.39 is 0 Å². The number of carbonyl (C=O) groups excluding carboxylic acids is 1. The lowest BCUT2D eigenvalue weighted by Gasteiger charge is -2.42. The summed E-state index contributed by atoms with van der Waals surface area (Å²) < 4.78 is 7.20. The van der Waals surface area contributed by atoms with Crippen molar-refractivity contribution in [1.82, 2.24) is 9.55 Å². The minimum Gasteiger partial charge on any atom is -0.497 e. The molecule has 0 radical (unpaired) electrons. The van der Waals surface area contributed by atoms with E-state index in [0.29, 0.717) is 16.6 Å². The molecule has 6 nitrogen and oxygen atoms in total. The zero-order valence-electron chi connectivity index (χ0n) is 23.8. The number of thioether (sulfide) groups is 1. The molecule has 1 N–H and O–H groups in total. The molecule has 7 heteroatoms. The summed E-state index contributed by atoms with van der Waals surface area (Å²) in [5, 5.41) is 3.53. The Morgan fingerprint density at radius 2 is 1.83 bits per heavy atom. The van der Waals surface area contributed by atoms with Crippen molar-refractivity contribution in [2.24, 2.45) is 0 Å². The Morgan fingerprint density at radius 3 is 2.61 bits per heavy atom. The monoisotopic (exact) mass is 565 g/mol. The Kier molecular flexibility index (Phi) is 7.47. The molecule has 0 saturated heterocycles. The van der Waals surface area contributed by atoms with Crippen molar-refractivity contribution in [1.29, 1.82) is 0 Å². The third kappa shape index (κ3) is 5.19. The van der Waals surface area contributed by atoms with E-state index in [4.69, 9.17) is 9.72 Å². The Hall–Kier alpha value is -3.84. The molecule has 3 aromatic carbocycles. The van der Waals surface area contributed by atoms with Crippen LogP contribution in [-0.2, 0) is 16.6 Å². The van der Waals surface area contributed by atoms with Crippen LogP contribution in [0.25, 0.3) is 16.9 Å². The smallest absolute Gasteiger partial charge is 0.263 e. The maximum absolute atomic E-state index is 14.7. The second kappa shape index (κ2) is 11.2. The molecule has 2 aliphatic rings. The van der Waals surface area contributed by atoms with Gasteiger partial charge in [0, 0.05) is 22.7 Å². The molecule has 1 aromatic heterocycles. The molecular weight excluding hydrogens is 530 g/mol. The first-order valence-electron chi connectivity index (χ1n) is 14.3. The Morgan fingerprint density at radius 1 is 1.02 bits per heavy atom. The molecule has 0 unspecified atom stereocenters.